The van der Waals surface area contributed by atoms with Crippen LogP contribution in [-0.2, 0) is 9.53 Å². The Kier molecular flexibility index (Phi) is 4.65. The minimum Gasteiger partial charge on any atom is -0.466 e. The number of pyridine rings is 1. The van der Waals surface area contributed by atoms with Gasteiger partial charge in [0.15, 0.2) is 17.9 Å². The molecule has 108 valence electrons. The molecule has 0 aliphatic carbocycles. The topological polar surface area (TPSA) is 59.5 Å². The molecule has 1 unspecified atom stereocenters. The summed E-state index contributed by atoms with van der Waals surface area (Å²) in [4.78, 5) is 28.2. The molecule has 1 saturated heterocycles. The maximum absolute atomic E-state index is 14.1. The highest BCUT2D eigenvalue weighted by molar-refractivity contribution is 5.77. The Labute approximate surface area is 116 Å². The van der Waals surface area contributed by atoms with E-state index in [2.05, 4.69) is 4.98 Å². The highest BCUT2D eigenvalue weighted by atomic mass is 19.1. The van der Waals surface area contributed by atoms with E-state index in [1.54, 1.807) is 11.8 Å². The minimum atomic E-state index is -0.632. The summed E-state index contributed by atoms with van der Waals surface area (Å²) in [5, 5.41) is 0. The highest BCUT2D eigenvalue weighted by Crippen LogP contribution is 2.25. The van der Waals surface area contributed by atoms with Crippen LogP contribution >= 0.6 is 0 Å². The number of piperidine rings is 1. The van der Waals surface area contributed by atoms with Crippen molar-refractivity contribution in [1.82, 2.24) is 4.98 Å². The minimum absolute atomic E-state index is 0.0201. The molecule has 2 rings (SSSR count). The summed E-state index contributed by atoms with van der Waals surface area (Å²) in [6.07, 6.45) is 3.35. The number of aldehydes is 1. The fourth-order valence-corrected chi connectivity index (χ4v) is 2.38. The molecule has 6 heteroatoms. The van der Waals surface area contributed by atoms with Gasteiger partial charge in [0.05, 0.1) is 18.1 Å². The molecule has 0 radical (unpaired) electrons. The SMILES string of the molecule is CCOC(=O)C1CCCN(c2nccc(C=O)c2F)C1. The Bertz CT molecular complexity index is 507. The van der Waals surface area contributed by atoms with Crippen LogP contribution in [-0.4, -0.2) is 36.9 Å². The lowest BCUT2D eigenvalue weighted by molar-refractivity contribution is -0.148. The van der Waals surface area contributed by atoms with Crippen LogP contribution in [0, 0.1) is 11.7 Å². The molecule has 1 atom stereocenters. The van der Waals surface area contributed by atoms with E-state index in [1.807, 2.05) is 0 Å². The maximum atomic E-state index is 14.1. The van der Waals surface area contributed by atoms with Crippen LogP contribution in [0.25, 0.3) is 0 Å². The van der Waals surface area contributed by atoms with Crippen molar-refractivity contribution in [3.05, 3.63) is 23.6 Å². The van der Waals surface area contributed by atoms with E-state index in [0.29, 0.717) is 26.0 Å². The summed E-state index contributed by atoms with van der Waals surface area (Å²) >= 11 is 0. The predicted molar refractivity (Wildman–Crippen MR) is 71.2 cm³/mol. The van der Waals surface area contributed by atoms with E-state index < -0.39 is 5.82 Å². The molecule has 2 heterocycles. The largest absolute Gasteiger partial charge is 0.466 e. The van der Waals surface area contributed by atoms with Crippen LogP contribution in [0.15, 0.2) is 12.3 Å². The van der Waals surface area contributed by atoms with E-state index >= 15 is 0 Å². The molecule has 1 aliphatic rings. The smallest absolute Gasteiger partial charge is 0.310 e. The van der Waals surface area contributed by atoms with Crippen molar-refractivity contribution < 1.29 is 18.7 Å². The van der Waals surface area contributed by atoms with Crippen molar-refractivity contribution in [3.63, 3.8) is 0 Å². The standard InChI is InChI=1S/C14H17FN2O3/c1-2-20-14(19)10-4-3-7-17(8-10)13-12(15)11(9-18)5-6-16-13/h5-6,9-10H,2-4,7-8H2,1H3. The molecule has 0 N–H and O–H groups in total. The average Bonchev–Trinajstić information content (AvgIpc) is 2.48. The summed E-state index contributed by atoms with van der Waals surface area (Å²) in [5.74, 6) is -1.04. The van der Waals surface area contributed by atoms with Gasteiger partial charge in [-0.2, -0.15) is 0 Å². The van der Waals surface area contributed by atoms with Gasteiger partial charge in [-0.05, 0) is 25.8 Å². The zero-order valence-electron chi connectivity index (χ0n) is 11.3. The summed E-state index contributed by atoms with van der Waals surface area (Å²) in [6.45, 7) is 3.07. The number of aromatic nitrogens is 1. The number of rotatable bonds is 4. The van der Waals surface area contributed by atoms with Gasteiger partial charge >= 0.3 is 5.97 Å². The van der Waals surface area contributed by atoms with Crippen molar-refractivity contribution in [2.75, 3.05) is 24.6 Å². The molecule has 5 nitrogen and oxygen atoms in total. The van der Waals surface area contributed by atoms with Gasteiger partial charge in [0.25, 0.3) is 0 Å². The molecular formula is C14H17FN2O3. The first-order valence-electron chi connectivity index (χ1n) is 6.68. The van der Waals surface area contributed by atoms with Crippen molar-refractivity contribution in [1.29, 1.82) is 0 Å². The quantitative estimate of drug-likeness (QED) is 0.622. The number of carbonyl (C=O) groups is 2. The summed E-state index contributed by atoms with van der Waals surface area (Å²) in [6, 6.07) is 1.33. The molecule has 0 spiro atoms. The molecular weight excluding hydrogens is 263 g/mol. The summed E-state index contributed by atoms with van der Waals surface area (Å²) in [7, 11) is 0. The third kappa shape index (κ3) is 2.95. The average molecular weight is 280 g/mol. The van der Waals surface area contributed by atoms with Crippen LogP contribution in [0.3, 0.4) is 0 Å². The van der Waals surface area contributed by atoms with Gasteiger partial charge in [0.2, 0.25) is 0 Å². The Hall–Kier alpha value is -1.98. The number of halogens is 1. The molecule has 0 bridgehead atoms. The second-order valence-electron chi connectivity index (χ2n) is 4.69. The van der Waals surface area contributed by atoms with Crippen LogP contribution < -0.4 is 4.90 Å². The summed E-state index contributed by atoms with van der Waals surface area (Å²) < 4.78 is 19.1. The summed E-state index contributed by atoms with van der Waals surface area (Å²) in [5.41, 5.74) is -0.0201. The zero-order chi connectivity index (χ0) is 14.5. The van der Waals surface area contributed by atoms with Gasteiger partial charge in [-0.3, -0.25) is 9.59 Å². The van der Waals surface area contributed by atoms with Gasteiger partial charge in [-0.1, -0.05) is 0 Å². The Morgan fingerprint density at radius 1 is 1.65 bits per heavy atom. The van der Waals surface area contributed by atoms with E-state index in [9.17, 15) is 14.0 Å². The van der Waals surface area contributed by atoms with Gasteiger partial charge in [-0.15, -0.1) is 0 Å². The highest BCUT2D eigenvalue weighted by Gasteiger charge is 2.29. The van der Waals surface area contributed by atoms with Crippen molar-refractivity contribution >= 4 is 18.1 Å². The molecule has 0 saturated carbocycles. The first-order valence-corrected chi connectivity index (χ1v) is 6.68. The first-order chi connectivity index (χ1) is 9.67. The van der Waals surface area contributed by atoms with Gasteiger partial charge in [0, 0.05) is 19.3 Å². The third-order valence-corrected chi connectivity index (χ3v) is 3.37. The number of anilines is 1. The molecule has 0 amide bonds. The zero-order valence-corrected chi connectivity index (χ0v) is 11.3. The normalized spacial score (nSPS) is 18.7. The van der Waals surface area contributed by atoms with Crippen molar-refractivity contribution in [2.45, 2.75) is 19.8 Å². The molecule has 1 aliphatic heterocycles. The van der Waals surface area contributed by atoms with E-state index in [-0.39, 0.29) is 23.3 Å². The first kappa shape index (κ1) is 14.4. The number of nitrogens with zero attached hydrogens (tertiary/aromatic N) is 2. The number of esters is 1. The molecule has 1 aromatic rings. The van der Waals surface area contributed by atoms with E-state index in [1.165, 1.54) is 12.3 Å². The number of ether oxygens (including phenoxy) is 1. The van der Waals surface area contributed by atoms with Crippen molar-refractivity contribution in [3.8, 4) is 0 Å². The predicted octanol–water partition coefficient (Wildman–Crippen LogP) is 1.81. The number of hydrogen-bond donors (Lipinski definition) is 0. The number of carbonyl (C=O) groups excluding carboxylic acids is 2. The molecule has 1 aromatic heterocycles. The monoisotopic (exact) mass is 280 g/mol. The van der Waals surface area contributed by atoms with Crippen LogP contribution in [0.5, 0.6) is 0 Å². The van der Waals surface area contributed by atoms with E-state index in [0.717, 1.165) is 12.8 Å². The Morgan fingerprint density at radius 2 is 2.45 bits per heavy atom. The fourth-order valence-electron chi connectivity index (χ4n) is 2.38. The van der Waals surface area contributed by atoms with Gasteiger partial charge < -0.3 is 9.64 Å². The van der Waals surface area contributed by atoms with Crippen LogP contribution in [0.1, 0.15) is 30.1 Å². The van der Waals surface area contributed by atoms with Crippen LogP contribution in [0.2, 0.25) is 0 Å². The van der Waals surface area contributed by atoms with Crippen LogP contribution in [0.4, 0.5) is 10.2 Å². The van der Waals surface area contributed by atoms with Gasteiger partial charge in [-0.25, -0.2) is 9.37 Å². The number of hydrogen-bond acceptors (Lipinski definition) is 5. The van der Waals surface area contributed by atoms with Gasteiger partial charge in [0.1, 0.15) is 0 Å². The lowest BCUT2D eigenvalue weighted by atomic mass is 9.98. The second-order valence-corrected chi connectivity index (χ2v) is 4.69. The Morgan fingerprint density at radius 3 is 3.15 bits per heavy atom. The van der Waals surface area contributed by atoms with E-state index in [4.69, 9.17) is 4.74 Å². The lowest BCUT2D eigenvalue weighted by Gasteiger charge is -2.32. The fraction of sp³-hybridized carbons (Fsp3) is 0.500. The van der Waals surface area contributed by atoms with Crippen molar-refractivity contribution in [2.24, 2.45) is 5.92 Å². The molecule has 20 heavy (non-hydrogen) atoms. The molecule has 1 fully saturated rings. The lowest BCUT2D eigenvalue weighted by Crippen LogP contribution is -2.40. The molecule has 0 aromatic carbocycles. The second kappa shape index (κ2) is 6.45. The Balaban J connectivity index is 2.17. The third-order valence-electron chi connectivity index (χ3n) is 3.37. The maximum Gasteiger partial charge on any atom is 0.310 e.